The van der Waals surface area contributed by atoms with Crippen LogP contribution in [0.25, 0.3) is 0 Å². The van der Waals surface area contributed by atoms with Gasteiger partial charge < -0.3 is 20.5 Å². The van der Waals surface area contributed by atoms with Crippen molar-refractivity contribution in [2.75, 3.05) is 18.5 Å². The minimum atomic E-state index is -1.49. The molecule has 108 valence electrons. The van der Waals surface area contributed by atoms with Gasteiger partial charge in [-0.25, -0.2) is 14.0 Å². The summed E-state index contributed by atoms with van der Waals surface area (Å²) in [6.07, 6.45) is 0.147. The van der Waals surface area contributed by atoms with Gasteiger partial charge >= 0.3 is 12.0 Å². The van der Waals surface area contributed by atoms with Gasteiger partial charge in [-0.05, 0) is 12.1 Å². The van der Waals surface area contributed by atoms with Gasteiger partial charge in [-0.1, -0.05) is 17.7 Å². The van der Waals surface area contributed by atoms with Crippen molar-refractivity contribution in [1.29, 1.82) is 0 Å². The highest BCUT2D eigenvalue weighted by Crippen LogP contribution is 2.23. The van der Waals surface area contributed by atoms with Crippen molar-refractivity contribution in [3.8, 4) is 0 Å². The Morgan fingerprint density at radius 2 is 2.20 bits per heavy atom. The largest absolute Gasteiger partial charge is 0.479 e. The Bertz CT molecular complexity index is 546. The number of hydrogen-bond acceptors (Lipinski definition) is 3. The quantitative estimate of drug-likeness (QED) is 0.795. The molecule has 1 aliphatic rings. The molecule has 2 rings (SSSR count). The van der Waals surface area contributed by atoms with E-state index in [1.807, 2.05) is 0 Å². The van der Waals surface area contributed by atoms with Gasteiger partial charge in [0.2, 0.25) is 0 Å². The molecule has 8 heteroatoms. The zero-order valence-corrected chi connectivity index (χ0v) is 11.0. The second-order valence-electron chi connectivity index (χ2n) is 4.37. The molecule has 20 heavy (non-hydrogen) atoms. The molecule has 1 atom stereocenters. The van der Waals surface area contributed by atoms with Crippen LogP contribution in [0.5, 0.6) is 0 Å². The van der Waals surface area contributed by atoms with Crippen LogP contribution in [0.15, 0.2) is 18.2 Å². The molecule has 0 radical (unpaired) electrons. The van der Waals surface area contributed by atoms with Crippen LogP contribution < -0.4 is 10.6 Å². The highest BCUT2D eigenvalue weighted by atomic mass is 35.5. The van der Waals surface area contributed by atoms with Crippen molar-refractivity contribution in [3.05, 3.63) is 29.0 Å². The summed E-state index contributed by atoms with van der Waals surface area (Å²) in [5.74, 6) is -1.98. The van der Waals surface area contributed by atoms with Gasteiger partial charge in [0.25, 0.3) is 0 Å². The summed E-state index contributed by atoms with van der Waals surface area (Å²) in [6.45, 7) is 0.103. The number of halogens is 2. The Balaban J connectivity index is 2.09. The topological polar surface area (TPSA) is 87.7 Å². The molecule has 1 heterocycles. The van der Waals surface area contributed by atoms with E-state index in [1.54, 1.807) is 0 Å². The first-order chi connectivity index (χ1) is 9.44. The van der Waals surface area contributed by atoms with Crippen LogP contribution in [-0.4, -0.2) is 35.9 Å². The number of urea groups is 1. The van der Waals surface area contributed by atoms with E-state index < -0.39 is 23.4 Å². The van der Waals surface area contributed by atoms with Gasteiger partial charge in [-0.15, -0.1) is 0 Å². The molecule has 2 amide bonds. The lowest BCUT2D eigenvalue weighted by atomic mass is 9.99. The summed E-state index contributed by atoms with van der Waals surface area (Å²) in [7, 11) is 0. The second-order valence-corrected chi connectivity index (χ2v) is 4.78. The van der Waals surface area contributed by atoms with E-state index in [0.29, 0.717) is 0 Å². The van der Waals surface area contributed by atoms with Crippen LogP contribution >= 0.6 is 11.6 Å². The fraction of sp³-hybridized carbons (Fsp3) is 0.333. The number of amides is 2. The monoisotopic (exact) mass is 302 g/mol. The van der Waals surface area contributed by atoms with Crippen LogP contribution in [0.2, 0.25) is 5.02 Å². The normalized spacial score (nSPS) is 21.5. The Labute approximate surface area is 118 Å². The van der Waals surface area contributed by atoms with Crippen LogP contribution in [0.4, 0.5) is 14.9 Å². The minimum Gasteiger partial charge on any atom is -0.479 e. The molecule has 0 saturated carbocycles. The maximum Gasteiger partial charge on any atom is 0.332 e. The minimum absolute atomic E-state index is 0.130. The standard InChI is InChI=1S/C12H12ClFN2O4/c13-7-2-1-3-8(9(7)14)15-11(19)16-12(10(17)18)4-5-20-6-12/h1-3H,4-6H2,(H,17,18)(H2,15,16,19). The van der Waals surface area contributed by atoms with E-state index in [9.17, 15) is 14.0 Å². The molecule has 1 unspecified atom stereocenters. The van der Waals surface area contributed by atoms with Crippen molar-refractivity contribution in [3.63, 3.8) is 0 Å². The summed E-state index contributed by atoms with van der Waals surface area (Å²) in [4.78, 5) is 23.0. The number of carboxylic acid groups (broad SMARTS) is 1. The van der Waals surface area contributed by atoms with E-state index in [1.165, 1.54) is 18.2 Å². The summed E-state index contributed by atoms with van der Waals surface area (Å²) >= 11 is 5.58. The summed E-state index contributed by atoms with van der Waals surface area (Å²) in [5.41, 5.74) is -1.62. The van der Waals surface area contributed by atoms with Gasteiger partial charge in [0, 0.05) is 13.0 Å². The Morgan fingerprint density at radius 3 is 2.80 bits per heavy atom. The average molecular weight is 303 g/mol. The van der Waals surface area contributed by atoms with Crippen LogP contribution in [-0.2, 0) is 9.53 Å². The zero-order valence-electron chi connectivity index (χ0n) is 10.3. The predicted octanol–water partition coefficient (Wildman–Crippen LogP) is 1.84. The number of rotatable bonds is 3. The molecule has 1 aliphatic heterocycles. The third kappa shape index (κ3) is 2.83. The first-order valence-corrected chi connectivity index (χ1v) is 6.17. The summed E-state index contributed by atoms with van der Waals surface area (Å²) < 4.78 is 18.6. The number of carbonyl (C=O) groups is 2. The fourth-order valence-corrected chi connectivity index (χ4v) is 2.03. The zero-order chi connectivity index (χ0) is 14.8. The van der Waals surface area contributed by atoms with Gasteiger partial charge in [0.05, 0.1) is 17.3 Å². The van der Waals surface area contributed by atoms with Crippen molar-refractivity contribution >= 4 is 29.3 Å². The lowest BCUT2D eigenvalue weighted by Crippen LogP contribution is -2.56. The van der Waals surface area contributed by atoms with Crippen molar-refractivity contribution < 1.29 is 23.8 Å². The number of anilines is 1. The number of ether oxygens (including phenoxy) is 1. The molecular weight excluding hydrogens is 291 g/mol. The molecule has 1 fully saturated rings. The van der Waals surface area contributed by atoms with E-state index >= 15 is 0 Å². The van der Waals surface area contributed by atoms with Crippen LogP contribution in [0.1, 0.15) is 6.42 Å². The second kappa shape index (κ2) is 5.64. The van der Waals surface area contributed by atoms with Gasteiger partial charge in [-0.2, -0.15) is 0 Å². The molecular formula is C12H12ClFN2O4. The highest BCUT2D eigenvalue weighted by Gasteiger charge is 2.44. The lowest BCUT2D eigenvalue weighted by molar-refractivity contribution is -0.144. The highest BCUT2D eigenvalue weighted by molar-refractivity contribution is 6.31. The molecule has 0 aliphatic carbocycles. The van der Waals surface area contributed by atoms with Crippen molar-refractivity contribution in [2.45, 2.75) is 12.0 Å². The molecule has 0 aromatic heterocycles. The van der Waals surface area contributed by atoms with E-state index in [0.717, 1.165) is 0 Å². The molecule has 1 aromatic carbocycles. The van der Waals surface area contributed by atoms with Crippen molar-refractivity contribution in [2.24, 2.45) is 0 Å². The molecule has 3 N–H and O–H groups in total. The first-order valence-electron chi connectivity index (χ1n) is 5.79. The smallest absolute Gasteiger partial charge is 0.332 e. The lowest BCUT2D eigenvalue weighted by Gasteiger charge is -2.23. The number of carbonyl (C=O) groups excluding carboxylic acids is 1. The van der Waals surface area contributed by atoms with E-state index in [2.05, 4.69) is 10.6 Å². The molecule has 0 bridgehead atoms. The number of nitrogens with one attached hydrogen (secondary N) is 2. The average Bonchev–Trinajstić information content (AvgIpc) is 2.85. The SMILES string of the molecule is O=C(Nc1cccc(Cl)c1F)NC1(C(=O)O)CCOC1. The number of carboxylic acids is 1. The molecule has 1 saturated heterocycles. The number of benzene rings is 1. The van der Waals surface area contributed by atoms with Crippen LogP contribution in [0.3, 0.4) is 0 Å². The van der Waals surface area contributed by atoms with E-state index in [4.69, 9.17) is 21.4 Å². The maximum absolute atomic E-state index is 13.6. The number of aliphatic carboxylic acids is 1. The molecule has 6 nitrogen and oxygen atoms in total. The third-order valence-electron chi connectivity index (χ3n) is 2.98. The number of hydrogen-bond donors (Lipinski definition) is 3. The Kier molecular flexibility index (Phi) is 4.10. The van der Waals surface area contributed by atoms with Gasteiger partial charge in [0.1, 0.15) is 0 Å². The molecule has 1 aromatic rings. The Morgan fingerprint density at radius 1 is 1.45 bits per heavy atom. The fourth-order valence-electron chi connectivity index (χ4n) is 1.86. The van der Waals surface area contributed by atoms with Crippen molar-refractivity contribution in [1.82, 2.24) is 5.32 Å². The predicted molar refractivity (Wildman–Crippen MR) is 69.4 cm³/mol. The van der Waals surface area contributed by atoms with Crippen LogP contribution in [0, 0.1) is 5.82 Å². The van der Waals surface area contributed by atoms with Gasteiger partial charge in [0.15, 0.2) is 11.4 Å². The third-order valence-corrected chi connectivity index (χ3v) is 3.28. The maximum atomic E-state index is 13.6. The first kappa shape index (κ1) is 14.5. The van der Waals surface area contributed by atoms with Gasteiger partial charge in [-0.3, -0.25) is 0 Å². The van der Waals surface area contributed by atoms with E-state index in [-0.39, 0.29) is 30.3 Å². The molecule has 0 spiro atoms. The summed E-state index contributed by atoms with van der Waals surface area (Å²) in [6, 6.07) is 3.29. The summed E-state index contributed by atoms with van der Waals surface area (Å²) in [5, 5.41) is 13.6. The Hall–Kier alpha value is -1.86.